The minimum Gasteiger partial charge on any atom is -0.444 e. The predicted molar refractivity (Wildman–Crippen MR) is 133 cm³/mol. The lowest BCUT2D eigenvalue weighted by Crippen LogP contribution is -2.41. The highest BCUT2D eigenvalue weighted by atomic mass is 16.6. The fourth-order valence-corrected chi connectivity index (χ4v) is 3.48. The molecule has 2 aromatic heterocycles. The smallest absolute Gasteiger partial charge is 0.408 e. The number of pyridine rings is 2. The Balaban J connectivity index is 1.95. The van der Waals surface area contributed by atoms with Gasteiger partial charge in [0.2, 0.25) is 5.91 Å². The normalized spacial score (nSPS) is 11.9. The summed E-state index contributed by atoms with van der Waals surface area (Å²) in [5.41, 5.74) is 1.14. The summed E-state index contributed by atoms with van der Waals surface area (Å²) >= 11 is 0. The Bertz CT molecular complexity index is 1200. The molecule has 10 nitrogen and oxygen atoms in total. The van der Waals surface area contributed by atoms with Gasteiger partial charge in [-0.15, -0.1) is 0 Å². The van der Waals surface area contributed by atoms with E-state index < -0.39 is 29.7 Å². The molecule has 4 N–H and O–H groups in total. The van der Waals surface area contributed by atoms with Gasteiger partial charge >= 0.3 is 12.1 Å². The summed E-state index contributed by atoms with van der Waals surface area (Å²) in [5, 5.41) is 12.7. The van der Waals surface area contributed by atoms with Crippen LogP contribution in [0.25, 0.3) is 10.8 Å². The van der Waals surface area contributed by atoms with Crippen molar-refractivity contribution in [1.82, 2.24) is 25.9 Å². The van der Waals surface area contributed by atoms with Crippen LogP contribution < -0.4 is 21.3 Å². The maximum atomic E-state index is 12.9. The van der Waals surface area contributed by atoms with Gasteiger partial charge in [0.05, 0.1) is 17.9 Å². The minimum absolute atomic E-state index is 0.293. The summed E-state index contributed by atoms with van der Waals surface area (Å²) in [6.07, 6.45) is 5.83. The number of urea groups is 1. The number of nitrogens with one attached hydrogen (secondary N) is 4. The second-order valence-corrected chi connectivity index (χ2v) is 8.75. The zero-order valence-corrected chi connectivity index (χ0v) is 20.2. The summed E-state index contributed by atoms with van der Waals surface area (Å²) < 4.78 is 5.20. The number of alkyl carbamates (subject to hydrolysis) is 1. The highest BCUT2D eigenvalue weighted by Crippen LogP contribution is 2.32. The first-order valence-electron chi connectivity index (χ1n) is 11.3. The Morgan fingerprint density at radius 3 is 2.46 bits per heavy atom. The van der Waals surface area contributed by atoms with E-state index in [4.69, 9.17) is 4.74 Å². The van der Waals surface area contributed by atoms with Crippen LogP contribution in [0.15, 0.2) is 55.1 Å². The lowest BCUT2D eigenvalue weighted by Gasteiger charge is -2.24. The van der Waals surface area contributed by atoms with Crippen molar-refractivity contribution in [3.8, 4) is 0 Å². The van der Waals surface area contributed by atoms with Crippen LogP contribution in [0, 0.1) is 0 Å². The summed E-state index contributed by atoms with van der Waals surface area (Å²) in [5.74, 6) is -0.442. The van der Waals surface area contributed by atoms with Crippen molar-refractivity contribution >= 4 is 34.5 Å². The lowest BCUT2D eigenvalue weighted by molar-refractivity contribution is -0.120. The number of carbonyl (C=O) groups excluding carboxylic acids is 3. The van der Waals surface area contributed by atoms with Gasteiger partial charge < -0.3 is 26.0 Å². The van der Waals surface area contributed by atoms with Crippen molar-refractivity contribution in [2.24, 2.45) is 0 Å². The number of anilines is 1. The van der Waals surface area contributed by atoms with E-state index in [1.54, 1.807) is 45.4 Å². The average Bonchev–Trinajstić information content (AvgIpc) is 2.80. The number of carbonyl (C=O) groups is 3. The predicted octanol–water partition coefficient (Wildman–Crippen LogP) is 3.50. The standard InChI is InChI=1S/C25H30N6O4/c1-5-28-23(33)30-20-14-27-12-10-18(20)22(17-8-6-7-16-9-11-26-13-19(16)17)31-21(32)15-29-24(34)35-25(2,3)4/h6-14,22H,5,15H2,1-4H3,(H,29,34)(H,31,32)(H2,28,30,33). The Hall–Kier alpha value is -4.21. The van der Waals surface area contributed by atoms with Gasteiger partial charge in [0, 0.05) is 36.1 Å². The molecule has 0 aliphatic carbocycles. The number of ether oxygens (including phenoxy) is 1. The molecule has 0 bridgehead atoms. The van der Waals surface area contributed by atoms with Crippen LogP contribution in [-0.4, -0.2) is 46.7 Å². The van der Waals surface area contributed by atoms with Crippen LogP contribution in [0.1, 0.15) is 44.9 Å². The van der Waals surface area contributed by atoms with Crippen molar-refractivity contribution in [1.29, 1.82) is 0 Å². The van der Waals surface area contributed by atoms with E-state index in [1.165, 1.54) is 6.20 Å². The zero-order chi connectivity index (χ0) is 25.4. The monoisotopic (exact) mass is 478 g/mol. The molecule has 0 spiro atoms. The molecule has 1 atom stereocenters. The van der Waals surface area contributed by atoms with Crippen LogP contribution in [0.3, 0.4) is 0 Å². The van der Waals surface area contributed by atoms with Crippen molar-refractivity contribution in [3.63, 3.8) is 0 Å². The summed E-state index contributed by atoms with van der Waals surface area (Å²) in [4.78, 5) is 45.6. The zero-order valence-electron chi connectivity index (χ0n) is 20.2. The molecule has 1 aromatic carbocycles. The quantitative estimate of drug-likeness (QED) is 0.411. The molecule has 1 unspecified atom stereocenters. The number of hydrogen-bond donors (Lipinski definition) is 4. The van der Waals surface area contributed by atoms with Gasteiger partial charge in [0.1, 0.15) is 12.1 Å². The van der Waals surface area contributed by atoms with Crippen LogP contribution >= 0.6 is 0 Å². The number of nitrogens with zero attached hydrogens (tertiary/aromatic N) is 2. The first-order valence-corrected chi connectivity index (χ1v) is 11.3. The lowest BCUT2D eigenvalue weighted by atomic mass is 9.94. The maximum absolute atomic E-state index is 12.9. The van der Waals surface area contributed by atoms with Crippen molar-refractivity contribution in [2.45, 2.75) is 39.3 Å². The van der Waals surface area contributed by atoms with Crippen LogP contribution in [0.5, 0.6) is 0 Å². The Kier molecular flexibility index (Phi) is 8.19. The van der Waals surface area contributed by atoms with E-state index in [1.807, 2.05) is 31.2 Å². The van der Waals surface area contributed by atoms with Gasteiger partial charge in [-0.25, -0.2) is 9.59 Å². The maximum Gasteiger partial charge on any atom is 0.408 e. The molecule has 2 heterocycles. The molecule has 3 aromatic rings. The molecule has 0 fully saturated rings. The van der Waals surface area contributed by atoms with Gasteiger partial charge in [-0.05, 0) is 50.8 Å². The van der Waals surface area contributed by atoms with E-state index >= 15 is 0 Å². The third-order valence-corrected chi connectivity index (χ3v) is 4.88. The highest BCUT2D eigenvalue weighted by molar-refractivity contribution is 5.92. The molecule has 4 amide bonds. The van der Waals surface area contributed by atoms with Gasteiger partial charge in [0.25, 0.3) is 0 Å². The number of aromatic nitrogens is 2. The molecule has 3 rings (SSSR count). The van der Waals surface area contributed by atoms with Gasteiger partial charge in [-0.2, -0.15) is 0 Å². The van der Waals surface area contributed by atoms with Gasteiger partial charge in [-0.3, -0.25) is 14.8 Å². The third kappa shape index (κ3) is 7.13. The largest absolute Gasteiger partial charge is 0.444 e. The SMILES string of the molecule is CCNC(=O)Nc1cnccc1C(NC(=O)CNC(=O)OC(C)(C)C)c1cccc2ccncc12. The number of benzene rings is 1. The number of hydrogen-bond acceptors (Lipinski definition) is 6. The van der Waals surface area contributed by atoms with Crippen LogP contribution in [0.4, 0.5) is 15.3 Å². The van der Waals surface area contributed by atoms with E-state index in [0.29, 0.717) is 17.8 Å². The first kappa shape index (κ1) is 25.4. The average molecular weight is 479 g/mol. The van der Waals surface area contributed by atoms with E-state index in [9.17, 15) is 14.4 Å². The Morgan fingerprint density at radius 1 is 0.971 bits per heavy atom. The molecule has 0 radical (unpaired) electrons. The molecule has 35 heavy (non-hydrogen) atoms. The Morgan fingerprint density at radius 2 is 1.71 bits per heavy atom. The summed E-state index contributed by atoms with van der Waals surface area (Å²) in [6.45, 7) is 7.19. The number of fused-ring (bicyclic) bond motifs is 1. The van der Waals surface area contributed by atoms with E-state index in [0.717, 1.165) is 16.3 Å². The summed E-state index contributed by atoms with van der Waals surface area (Å²) in [6, 6.07) is 8.25. The van der Waals surface area contributed by atoms with E-state index in [2.05, 4.69) is 31.2 Å². The molecule has 0 aliphatic rings. The van der Waals surface area contributed by atoms with Gasteiger partial charge in [0.15, 0.2) is 0 Å². The second kappa shape index (κ2) is 11.3. The molecule has 0 aliphatic heterocycles. The van der Waals surface area contributed by atoms with Crippen molar-refractivity contribution < 1.29 is 19.1 Å². The third-order valence-electron chi connectivity index (χ3n) is 4.88. The second-order valence-electron chi connectivity index (χ2n) is 8.75. The van der Waals surface area contributed by atoms with Gasteiger partial charge in [-0.1, -0.05) is 18.2 Å². The fraction of sp³-hybridized carbons (Fsp3) is 0.320. The molecule has 0 saturated heterocycles. The summed E-state index contributed by atoms with van der Waals surface area (Å²) in [7, 11) is 0. The highest BCUT2D eigenvalue weighted by Gasteiger charge is 2.24. The molecular weight excluding hydrogens is 448 g/mol. The molecular formula is C25H30N6O4. The topological polar surface area (TPSA) is 134 Å². The number of amides is 4. The minimum atomic E-state index is -0.693. The van der Waals surface area contributed by atoms with Crippen LogP contribution in [0.2, 0.25) is 0 Å². The van der Waals surface area contributed by atoms with Crippen LogP contribution in [-0.2, 0) is 9.53 Å². The first-order chi connectivity index (χ1) is 16.7. The van der Waals surface area contributed by atoms with Crippen molar-refractivity contribution in [3.05, 3.63) is 66.2 Å². The Labute approximate surface area is 203 Å². The molecule has 184 valence electrons. The fourth-order valence-electron chi connectivity index (χ4n) is 3.48. The van der Waals surface area contributed by atoms with E-state index in [-0.39, 0.29) is 6.54 Å². The molecule has 10 heteroatoms. The molecule has 0 saturated carbocycles. The number of rotatable bonds is 7. The van der Waals surface area contributed by atoms with Crippen molar-refractivity contribution in [2.75, 3.05) is 18.4 Å².